The number of amides is 1. The number of hydrogen-bond donors (Lipinski definition) is 1. The second kappa shape index (κ2) is 10.1. The molecule has 0 radical (unpaired) electrons. The van der Waals surface area contributed by atoms with E-state index in [1.165, 1.54) is 24.3 Å². The van der Waals surface area contributed by atoms with Gasteiger partial charge in [0.2, 0.25) is 0 Å². The highest BCUT2D eigenvalue weighted by molar-refractivity contribution is 7.80. The predicted octanol–water partition coefficient (Wildman–Crippen LogP) is 5.32. The standard InChI is InChI=1S/C22H17ClF4N4O3S/c1-33-15-5-4-11(8-14-21(32)30(22(35)28-14)10-13-3-2-6-34-13)7-12(15)9-31-18(20(26)27)16(23)17(29-31)19(24)25/h2-8,19-20H,9-10H2,1H3,(H,28,35)/b14-8+. The first-order valence-electron chi connectivity index (χ1n) is 10.1. The van der Waals surface area contributed by atoms with Gasteiger partial charge in [0.05, 0.1) is 31.5 Å². The molecule has 35 heavy (non-hydrogen) atoms. The van der Waals surface area contributed by atoms with Crippen LogP contribution in [-0.4, -0.2) is 32.8 Å². The number of methoxy groups -OCH3 is 1. The van der Waals surface area contributed by atoms with Gasteiger partial charge in [-0.15, -0.1) is 0 Å². The third-order valence-electron chi connectivity index (χ3n) is 5.16. The molecule has 3 heterocycles. The number of thiocarbonyl (C=S) groups is 1. The minimum absolute atomic E-state index is 0.145. The fourth-order valence-electron chi connectivity index (χ4n) is 3.55. The Kier molecular flexibility index (Phi) is 7.13. The Morgan fingerprint density at radius 1 is 1.23 bits per heavy atom. The van der Waals surface area contributed by atoms with Crippen LogP contribution < -0.4 is 10.1 Å². The molecule has 0 saturated carbocycles. The molecule has 0 spiro atoms. The number of aromatic nitrogens is 2. The number of rotatable bonds is 8. The van der Waals surface area contributed by atoms with E-state index in [1.54, 1.807) is 30.3 Å². The van der Waals surface area contributed by atoms with Crippen molar-refractivity contribution >= 4 is 40.9 Å². The van der Waals surface area contributed by atoms with Crippen LogP contribution in [0.3, 0.4) is 0 Å². The molecule has 1 aliphatic rings. The molecule has 0 atom stereocenters. The summed E-state index contributed by atoms with van der Waals surface area (Å²) in [6.07, 6.45) is -3.24. The van der Waals surface area contributed by atoms with Crippen molar-refractivity contribution in [3.05, 3.63) is 75.6 Å². The maximum absolute atomic E-state index is 13.6. The molecule has 1 amide bonds. The second-order valence-corrected chi connectivity index (χ2v) is 8.14. The third-order valence-corrected chi connectivity index (χ3v) is 5.87. The van der Waals surface area contributed by atoms with Crippen LogP contribution in [0.2, 0.25) is 5.02 Å². The van der Waals surface area contributed by atoms with Gasteiger partial charge >= 0.3 is 0 Å². The highest BCUT2D eigenvalue weighted by atomic mass is 35.5. The summed E-state index contributed by atoms with van der Waals surface area (Å²) in [6.45, 7) is -0.178. The zero-order valence-electron chi connectivity index (χ0n) is 18.0. The minimum atomic E-state index is -3.12. The van der Waals surface area contributed by atoms with Crippen molar-refractivity contribution in [1.82, 2.24) is 20.0 Å². The van der Waals surface area contributed by atoms with E-state index in [0.29, 0.717) is 22.6 Å². The normalized spacial score (nSPS) is 15.1. The van der Waals surface area contributed by atoms with Crippen molar-refractivity contribution < 1.29 is 31.5 Å². The highest BCUT2D eigenvalue weighted by Crippen LogP contribution is 2.35. The largest absolute Gasteiger partial charge is 0.496 e. The molecule has 1 aliphatic heterocycles. The van der Waals surface area contributed by atoms with Crippen LogP contribution >= 0.6 is 23.8 Å². The van der Waals surface area contributed by atoms with Crippen molar-refractivity contribution in [1.29, 1.82) is 0 Å². The van der Waals surface area contributed by atoms with Crippen LogP contribution in [0, 0.1) is 0 Å². The van der Waals surface area contributed by atoms with Crippen LogP contribution in [0.25, 0.3) is 6.08 Å². The number of hydrogen-bond acceptors (Lipinski definition) is 5. The summed E-state index contributed by atoms with van der Waals surface area (Å²) in [5.41, 5.74) is -0.702. The molecule has 3 aromatic rings. The molecule has 2 aromatic heterocycles. The lowest BCUT2D eigenvalue weighted by Gasteiger charge is -2.12. The molecule has 7 nitrogen and oxygen atoms in total. The molecular formula is C22H17ClF4N4O3S. The molecule has 1 saturated heterocycles. The summed E-state index contributed by atoms with van der Waals surface area (Å²) < 4.78 is 64.7. The zero-order chi connectivity index (χ0) is 25.3. The smallest absolute Gasteiger partial charge is 0.283 e. The molecule has 13 heteroatoms. The Balaban J connectivity index is 1.64. The summed E-state index contributed by atoms with van der Waals surface area (Å²) in [7, 11) is 1.37. The summed E-state index contributed by atoms with van der Waals surface area (Å²) >= 11 is 11.0. The van der Waals surface area contributed by atoms with E-state index in [2.05, 4.69) is 10.4 Å². The number of benzene rings is 1. The third kappa shape index (κ3) is 5.03. The number of nitrogens with zero attached hydrogens (tertiary/aromatic N) is 3. The van der Waals surface area contributed by atoms with Gasteiger partial charge < -0.3 is 14.5 Å². The van der Waals surface area contributed by atoms with E-state index in [0.717, 1.165) is 4.68 Å². The molecule has 0 aliphatic carbocycles. The van der Waals surface area contributed by atoms with E-state index in [4.69, 9.17) is 33.0 Å². The fourth-order valence-corrected chi connectivity index (χ4v) is 4.11. The average molecular weight is 529 g/mol. The van der Waals surface area contributed by atoms with Crippen LogP contribution in [0.4, 0.5) is 17.6 Å². The molecule has 1 fully saturated rings. The zero-order valence-corrected chi connectivity index (χ0v) is 19.5. The van der Waals surface area contributed by atoms with E-state index < -0.39 is 29.3 Å². The van der Waals surface area contributed by atoms with Crippen LogP contribution in [0.15, 0.2) is 46.7 Å². The first-order valence-corrected chi connectivity index (χ1v) is 10.8. The Morgan fingerprint density at radius 3 is 2.63 bits per heavy atom. The van der Waals surface area contributed by atoms with Gasteiger partial charge in [-0.1, -0.05) is 17.7 Å². The second-order valence-electron chi connectivity index (χ2n) is 7.37. The van der Waals surface area contributed by atoms with Crippen LogP contribution in [0.5, 0.6) is 5.75 Å². The van der Waals surface area contributed by atoms with Crippen molar-refractivity contribution in [3.8, 4) is 5.75 Å². The number of halogens is 5. The van der Waals surface area contributed by atoms with Gasteiger partial charge in [0.25, 0.3) is 18.8 Å². The Morgan fingerprint density at radius 2 is 2.00 bits per heavy atom. The molecular weight excluding hydrogens is 512 g/mol. The Hall–Kier alpha value is -3.38. The fraction of sp³-hybridized carbons (Fsp3) is 0.227. The molecule has 4 rings (SSSR count). The summed E-state index contributed by atoms with van der Waals surface area (Å²) in [5.74, 6) is 0.466. The van der Waals surface area contributed by atoms with Crippen molar-refractivity contribution in [3.63, 3.8) is 0 Å². The highest BCUT2D eigenvalue weighted by Gasteiger charge is 2.31. The van der Waals surface area contributed by atoms with Gasteiger partial charge in [-0.05, 0) is 48.1 Å². The monoisotopic (exact) mass is 528 g/mol. The minimum Gasteiger partial charge on any atom is -0.496 e. The number of nitrogens with one attached hydrogen (secondary N) is 1. The summed E-state index contributed by atoms with van der Waals surface area (Å²) in [6, 6.07) is 8.16. The Bertz CT molecular complexity index is 1290. The van der Waals surface area contributed by atoms with Crippen LogP contribution in [0.1, 0.15) is 41.1 Å². The van der Waals surface area contributed by atoms with Crippen LogP contribution in [-0.2, 0) is 17.9 Å². The summed E-state index contributed by atoms with van der Waals surface area (Å²) in [4.78, 5) is 14.2. The maximum atomic E-state index is 13.6. The van der Waals surface area contributed by atoms with Gasteiger partial charge in [-0.2, -0.15) is 5.10 Å². The van der Waals surface area contributed by atoms with E-state index in [1.807, 2.05) is 0 Å². The lowest BCUT2D eigenvalue weighted by Crippen LogP contribution is -2.29. The number of ether oxygens (including phenoxy) is 1. The summed E-state index contributed by atoms with van der Waals surface area (Å²) in [5, 5.41) is 5.84. The first-order chi connectivity index (χ1) is 16.7. The number of furan rings is 1. The van der Waals surface area contributed by atoms with Crippen molar-refractivity contribution in [2.24, 2.45) is 0 Å². The molecule has 0 unspecified atom stereocenters. The lowest BCUT2D eigenvalue weighted by molar-refractivity contribution is -0.122. The van der Waals surface area contributed by atoms with Gasteiger partial charge in [0.1, 0.15) is 28.6 Å². The van der Waals surface area contributed by atoms with E-state index in [-0.39, 0.29) is 29.8 Å². The number of alkyl halides is 4. The lowest BCUT2D eigenvalue weighted by atomic mass is 10.1. The SMILES string of the molecule is COc1ccc(/C=C2/NC(=S)N(Cc3ccco3)C2=O)cc1Cn1nc(C(F)F)c(Cl)c1C(F)F. The van der Waals surface area contributed by atoms with Crippen molar-refractivity contribution in [2.45, 2.75) is 25.9 Å². The topological polar surface area (TPSA) is 72.5 Å². The first kappa shape index (κ1) is 24.7. The van der Waals surface area contributed by atoms with Crippen molar-refractivity contribution in [2.75, 3.05) is 7.11 Å². The predicted molar refractivity (Wildman–Crippen MR) is 122 cm³/mol. The average Bonchev–Trinajstić information content (AvgIpc) is 3.50. The Labute approximate surface area is 206 Å². The van der Waals surface area contributed by atoms with Gasteiger partial charge in [0, 0.05) is 5.56 Å². The molecule has 1 aromatic carbocycles. The van der Waals surface area contributed by atoms with Gasteiger partial charge in [-0.25, -0.2) is 17.6 Å². The number of carbonyl (C=O) groups excluding carboxylic acids is 1. The van der Waals surface area contributed by atoms with E-state index in [9.17, 15) is 22.4 Å². The molecule has 184 valence electrons. The maximum Gasteiger partial charge on any atom is 0.283 e. The van der Waals surface area contributed by atoms with E-state index >= 15 is 0 Å². The van der Waals surface area contributed by atoms with Gasteiger partial charge in [-0.3, -0.25) is 14.4 Å². The molecule has 1 N–H and O–H groups in total. The molecule has 0 bridgehead atoms. The number of carbonyl (C=O) groups is 1. The van der Waals surface area contributed by atoms with Gasteiger partial charge in [0.15, 0.2) is 5.11 Å². The quantitative estimate of drug-likeness (QED) is 0.242.